The van der Waals surface area contributed by atoms with Gasteiger partial charge in [0.05, 0.1) is 0 Å². The van der Waals surface area contributed by atoms with Gasteiger partial charge in [-0.1, -0.05) is 147 Å². The Labute approximate surface area is 303 Å². The lowest BCUT2D eigenvalue weighted by Gasteiger charge is -2.23. The highest BCUT2D eigenvalue weighted by Crippen LogP contribution is 2.54. The van der Waals surface area contributed by atoms with Gasteiger partial charge in [-0.2, -0.15) is 0 Å². The van der Waals surface area contributed by atoms with E-state index in [1.165, 1.54) is 98.7 Å². The molecule has 2 aliphatic rings. The average Bonchev–Trinajstić information content (AvgIpc) is 3.69. The lowest BCUT2D eigenvalue weighted by molar-refractivity contribution is 0.665. The number of benzene rings is 8. The van der Waals surface area contributed by atoms with Crippen molar-refractivity contribution in [3.63, 3.8) is 0 Å². The SMILES string of the molecule is CC1(C)c2ccc(-c3c4ccccc4c(-c4ccc(C5=CC=CCC5)cc4)c4ccccc34)cc2-c2ccc3c(ccc4c5ccccc5oc34)c21. The molecule has 0 fully saturated rings. The molecule has 0 saturated carbocycles. The van der Waals surface area contributed by atoms with E-state index < -0.39 is 0 Å². The topological polar surface area (TPSA) is 13.1 Å². The molecule has 0 aliphatic heterocycles. The molecule has 246 valence electrons. The second-order valence-electron chi connectivity index (χ2n) is 15.1. The summed E-state index contributed by atoms with van der Waals surface area (Å²) in [6, 6.07) is 52.0. The minimum absolute atomic E-state index is 0.160. The molecule has 0 spiro atoms. The van der Waals surface area contributed by atoms with Crippen molar-refractivity contribution in [3.8, 4) is 33.4 Å². The van der Waals surface area contributed by atoms with Crippen LogP contribution in [0.5, 0.6) is 0 Å². The number of furan rings is 1. The van der Waals surface area contributed by atoms with Crippen molar-refractivity contribution >= 4 is 59.8 Å². The van der Waals surface area contributed by atoms with E-state index in [2.05, 4.69) is 166 Å². The van der Waals surface area contributed by atoms with Gasteiger partial charge in [-0.05, 0) is 120 Å². The fraction of sp³-hybridized carbons (Fsp3) is 0.0980. The molecule has 0 amide bonds. The Balaban J connectivity index is 1.11. The molecule has 0 atom stereocenters. The highest BCUT2D eigenvalue weighted by molar-refractivity contribution is 6.22. The van der Waals surface area contributed by atoms with Gasteiger partial charge in [0.1, 0.15) is 11.2 Å². The van der Waals surface area contributed by atoms with Crippen molar-refractivity contribution < 1.29 is 4.42 Å². The minimum atomic E-state index is -0.160. The molecule has 0 saturated heterocycles. The molecular weight excluding hydrogens is 629 g/mol. The van der Waals surface area contributed by atoms with E-state index in [-0.39, 0.29) is 5.41 Å². The molecule has 0 N–H and O–H groups in total. The summed E-state index contributed by atoms with van der Waals surface area (Å²) in [6.07, 6.45) is 8.90. The van der Waals surface area contributed by atoms with Crippen molar-refractivity contribution in [3.05, 3.63) is 174 Å². The van der Waals surface area contributed by atoms with Crippen LogP contribution >= 0.6 is 0 Å². The molecule has 2 aliphatic carbocycles. The zero-order chi connectivity index (χ0) is 34.6. The van der Waals surface area contributed by atoms with E-state index in [9.17, 15) is 0 Å². The monoisotopic (exact) mass is 664 g/mol. The second-order valence-corrected chi connectivity index (χ2v) is 15.1. The van der Waals surface area contributed by atoms with Crippen LogP contribution in [0.2, 0.25) is 0 Å². The second kappa shape index (κ2) is 10.9. The zero-order valence-corrected chi connectivity index (χ0v) is 29.3. The van der Waals surface area contributed by atoms with Crippen LogP contribution in [0.25, 0.3) is 93.2 Å². The van der Waals surface area contributed by atoms with Crippen molar-refractivity contribution in [2.45, 2.75) is 32.1 Å². The molecule has 11 rings (SSSR count). The van der Waals surface area contributed by atoms with E-state index in [0.29, 0.717) is 0 Å². The lowest BCUT2D eigenvalue weighted by atomic mass is 9.79. The van der Waals surface area contributed by atoms with Gasteiger partial charge in [-0.25, -0.2) is 0 Å². The van der Waals surface area contributed by atoms with E-state index in [1.807, 2.05) is 6.07 Å². The summed E-state index contributed by atoms with van der Waals surface area (Å²) < 4.78 is 6.50. The van der Waals surface area contributed by atoms with Crippen molar-refractivity contribution in [1.82, 2.24) is 0 Å². The van der Waals surface area contributed by atoms with Gasteiger partial charge in [0.25, 0.3) is 0 Å². The largest absolute Gasteiger partial charge is 0.455 e. The van der Waals surface area contributed by atoms with E-state index in [1.54, 1.807) is 0 Å². The van der Waals surface area contributed by atoms with Crippen LogP contribution < -0.4 is 0 Å². The van der Waals surface area contributed by atoms with Crippen molar-refractivity contribution in [1.29, 1.82) is 0 Å². The quantitative estimate of drug-likeness (QED) is 0.171. The molecule has 0 bridgehead atoms. The predicted octanol–water partition coefficient (Wildman–Crippen LogP) is 14.4. The highest BCUT2D eigenvalue weighted by atomic mass is 16.3. The Morgan fingerprint density at radius 2 is 1.08 bits per heavy atom. The Hall–Kier alpha value is -6.18. The molecule has 1 nitrogen and oxygen atoms in total. The first-order valence-corrected chi connectivity index (χ1v) is 18.5. The maximum Gasteiger partial charge on any atom is 0.143 e. The summed E-state index contributed by atoms with van der Waals surface area (Å²) in [5.41, 5.74) is 15.0. The van der Waals surface area contributed by atoms with Crippen LogP contribution in [0, 0.1) is 0 Å². The smallest absolute Gasteiger partial charge is 0.143 e. The molecule has 9 aromatic rings. The number of hydrogen-bond acceptors (Lipinski definition) is 1. The summed E-state index contributed by atoms with van der Waals surface area (Å²) in [6.45, 7) is 4.76. The normalized spacial score (nSPS) is 14.8. The van der Waals surface area contributed by atoms with Crippen LogP contribution in [0.3, 0.4) is 0 Å². The summed E-state index contributed by atoms with van der Waals surface area (Å²) >= 11 is 0. The van der Waals surface area contributed by atoms with E-state index in [0.717, 1.165) is 24.0 Å². The van der Waals surface area contributed by atoms with Crippen LogP contribution in [0.4, 0.5) is 0 Å². The molecule has 52 heavy (non-hydrogen) atoms. The first kappa shape index (κ1) is 29.5. The fourth-order valence-corrected chi connectivity index (χ4v) is 9.53. The van der Waals surface area contributed by atoms with Crippen LogP contribution in [0.15, 0.2) is 162 Å². The molecule has 8 aromatic carbocycles. The Kier molecular flexibility index (Phi) is 6.20. The number of hydrogen-bond donors (Lipinski definition) is 0. The lowest BCUT2D eigenvalue weighted by Crippen LogP contribution is -2.15. The maximum atomic E-state index is 6.50. The number of allylic oxidation sites excluding steroid dienone is 4. The minimum Gasteiger partial charge on any atom is -0.455 e. The molecule has 1 heterocycles. The molecule has 0 radical (unpaired) electrons. The van der Waals surface area contributed by atoms with Crippen molar-refractivity contribution in [2.24, 2.45) is 0 Å². The highest BCUT2D eigenvalue weighted by Gasteiger charge is 2.37. The van der Waals surface area contributed by atoms with Crippen LogP contribution in [-0.4, -0.2) is 0 Å². The third-order valence-corrected chi connectivity index (χ3v) is 11.9. The number of para-hydroxylation sites is 1. The van der Waals surface area contributed by atoms with Gasteiger partial charge in [0, 0.05) is 21.6 Å². The standard InChI is InChI=1S/C51H36O/c1-51(2)45-29-24-34(30-44(45)41-26-28-43-40(49(41)51)25-27-42-35-14-10-11-19-46(35)52-50(42)43)48-38-17-8-6-15-36(38)47(37-16-7-9-18-39(37)48)33-22-20-32(21-23-33)31-12-4-3-5-13-31/h3-4,6-12,14-30H,5,13H2,1-2H3. The van der Waals surface area contributed by atoms with Crippen molar-refractivity contribution in [2.75, 3.05) is 0 Å². The van der Waals surface area contributed by atoms with Gasteiger partial charge in [0.15, 0.2) is 0 Å². The molecular formula is C51H36O. The summed E-state index contributed by atoms with van der Waals surface area (Å²) in [5.74, 6) is 0. The van der Waals surface area contributed by atoms with Crippen LogP contribution in [0.1, 0.15) is 43.4 Å². The van der Waals surface area contributed by atoms with Gasteiger partial charge >= 0.3 is 0 Å². The van der Waals surface area contributed by atoms with Gasteiger partial charge < -0.3 is 4.42 Å². The number of fused-ring (bicyclic) bond motifs is 11. The Bertz CT molecular complexity index is 2960. The summed E-state index contributed by atoms with van der Waals surface area (Å²) in [7, 11) is 0. The first-order chi connectivity index (χ1) is 25.6. The Morgan fingerprint density at radius 3 is 1.77 bits per heavy atom. The molecule has 1 heteroatoms. The third-order valence-electron chi connectivity index (χ3n) is 11.9. The third kappa shape index (κ3) is 4.11. The Morgan fingerprint density at radius 1 is 0.500 bits per heavy atom. The molecule has 1 aromatic heterocycles. The summed E-state index contributed by atoms with van der Waals surface area (Å²) in [5, 5.41) is 9.93. The van der Waals surface area contributed by atoms with E-state index in [4.69, 9.17) is 4.42 Å². The van der Waals surface area contributed by atoms with Gasteiger partial charge in [-0.3, -0.25) is 0 Å². The molecule has 0 unspecified atom stereocenters. The fourth-order valence-electron chi connectivity index (χ4n) is 9.53. The van der Waals surface area contributed by atoms with Crippen LogP contribution in [-0.2, 0) is 5.41 Å². The predicted molar refractivity (Wildman–Crippen MR) is 221 cm³/mol. The van der Waals surface area contributed by atoms with Gasteiger partial charge in [0.2, 0.25) is 0 Å². The average molecular weight is 665 g/mol. The first-order valence-electron chi connectivity index (χ1n) is 18.5. The maximum absolute atomic E-state index is 6.50. The van der Waals surface area contributed by atoms with E-state index >= 15 is 0 Å². The van der Waals surface area contributed by atoms with Gasteiger partial charge in [-0.15, -0.1) is 0 Å². The summed E-state index contributed by atoms with van der Waals surface area (Å²) in [4.78, 5) is 0. The zero-order valence-electron chi connectivity index (χ0n) is 29.3. The number of rotatable bonds is 3.